The molecule has 76 valence electrons. The molecule has 1 aliphatic rings. The van der Waals surface area contributed by atoms with E-state index in [-0.39, 0.29) is 0 Å². The number of fused-ring (bicyclic) bond motifs is 1. The van der Waals surface area contributed by atoms with E-state index in [1.165, 1.54) is 16.8 Å². The minimum absolute atomic E-state index is 0.533. The highest BCUT2D eigenvalue weighted by Gasteiger charge is 2.25. The highest BCUT2D eigenvalue weighted by atomic mass is 15.0. The lowest BCUT2D eigenvalue weighted by Gasteiger charge is -2.18. The molecule has 2 rings (SSSR count). The van der Waals surface area contributed by atoms with Crippen LogP contribution in [0.5, 0.6) is 0 Å². The van der Waals surface area contributed by atoms with Gasteiger partial charge in [-0.25, -0.2) is 0 Å². The van der Waals surface area contributed by atoms with Gasteiger partial charge in [0.05, 0.1) is 0 Å². The number of nitrogens with one attached hydrogen (secondary N) is 2. The molecule has 1 aliphatic heterocycles. The molecule has 2 unspecified atom stereocenters. The highest BCUT2D eigenvalue weighted by Crippen LogP contribution is 2.33. The van der Waals surface area contributed by atoms with Gasteiger partial charge in [-0.15, -0.1) is 0 Å². The predicted molar refractivity (Wildman–Crippen MR) is 60.9 cm³/mol. The molecular weight excluding hydrogens is 172 g/mol. The molecule has 14 heavy (non-hydrogen) atoms. The van der Waals surface area contributed by atoms with Gasteiger partial charge in [0.15, 0.2) is 0 Å². The van der Waals surface area contributed by atoms with E-state index in [0.717, 1.165) is 6.54 Å². The van der Waals surface area contributed by atoms with Gasteiger partial charge in [0, 0.05) is 24.2 Å². The molecule has 0 saturated carbocycles. The molecule has 0 amide bonds. The summed E-state index contributed by atoms with van der Waals surface area (Å²) in [5.41, 5.74) is 4.12. The van der Waals surface area contributed by atoms with Crippen molar-refractivity contribution in [3.8, 4) is 0 Å². The van der Waals surface area contributed by atoms with Crippen molar-refractivity contribution >= 4 is 5.69 Å². The van der Waals surface area contributed by atoms with Gasteiger partial charge in [-0.05, 0) is 32.5 Å². The lowest BCUT2D eigenvalue weighted by Crippen LogP contribution is -2.29. The summed E-state index contributed by atoms with van der Waals surface area (Å²) < 4.78 is 0. The molecule has 2 heteroatoms. The second kappa shape index (κ2) is 3.62. The number of hydrogen-bond donors (Lipinski definition) is 2. The Morgan fingerprint density at radius 2 is 2.29 bits per heavy atom. The lowest BCUT2D eigenvalue weighted by molar-refractivity contribution is 0.522. The van der Waals surface area contributed by atoms with Crippen molar-refractivity contribution in [1.29, 1.82) is 0 Å². The van der Waals surface area contributed by atoms with Gasteiger partial charge in [0.25, 0.3) is 0 Å². The quantitative estimate of drug-likeness (QED) is 0.746. The Bertz CT molecular complexity index is 333. The topological polar surface area (TPSA) is 24.1 Å². The number of hydrogen-bond acceptors (Lipinski definition) is 2. The van der Waals surface area contributed by atoms with Crippen molar-refractivity contribution in [3.63, 3.8) is 0 Å². The van der Waals surface area contributed by atoms with Gasteiger partial charge in [-0.3, -0.25) is 0 Å². The third-order valence-electron chi connectivity index (χ3n) is 3.18. The zero-order valence-corrected chi connectivity index (χ0v) is 9.09. The van der Waals surface area contributed by atoms with Crippen molar-refractivity contribution in [1.82, 2.24) is 5.32 Å². The van der Waals surface area contributed by atoms with Crippen LogP contribution in [0.1, 0.15) is 24.0 Å². The fourth-order valence-corrected chi connectivity index (χ4v) is 2.13. The van der Waals surface area contributed by atoms with Crippen LogP contribution in [0.2, 0.25) is 0 Å². The highest BCUT2D eigenvalue weighted by molar-refractivity contribution is 5.59. The van der Waals surface area contributed by atoms with Crippen LogP contribution in [-0.4, -0.2) is 19.6 Å². The van der Waals surface area contributed by atoms with E-state index in [1.54, 1.807) is 0 Å². The first-order valence-corrected chi connectivity index (χ1v) is 5.24. The number of aryl methyl sites for hydroxylation is 1. The molecule has 2 nitrogen and oxygen atoms in total. The summed E-state index contributed by atoms with van der Waals surface area (Å²) >= 11 is 0. The van der Waals surface area contributed by atoms with Gasteiger partial charge in [-0.1, -0.05) is 17.7 Å². The van der Waals surface area contributed by atoms with E-state index >= 15 is 0 Å². The summed E-state index contributed by atoms with van der Waals surface area (Å²) in [4.78, 5) is 0. The number of rotatable bonds is 2. The molecule has 0 radical (unpaired) electrons. The molecule has 0 aromatic heterocycles. The maximum absolute atomic E-state index is 3.45. The minimum Gasteiger partial charge on any atom is -0.384 e. The van der Waals surface area contributed by atoms with Crippen LogP contribution in [-0.2, 0) is 0 Å². The summed E-state index contributed by atoms with van der Waals surface area (Å²) in [6.45, 7) is 5.45. The first-order chi connectivity index (χ1) is 6.72. The Morgan fingerprint density at radius 3 is 3.00 bits per heavy atom. The molecule has 0 aliphatic carbocycles. The van der Waals surface area contributed by atoms with Gasteiger partial charge in [-0.2, -0.15) is 0 Å². The second-order valence-corrected chi connectivity index (χ2v) is 4.16. The average molecular weight is 190 g/mol. The van der Waals surface area contributed by atoms with Crippen molar-refractivity contribution in [2.24, 2.45) is 0 Å². The zero-order chi connectivity index (χ0) is 10.1. The second-order valence-electron chi connectivity index (χ2n) is 4.16. The van der Waals surface area contributed by atoms with Crippen LogP contribution in [0, 0.1) is 6.92 Å². The molecule has 0 spiro atoms. The zero-order valence-electron chi connectivity index (χ0n) is 9.09. The Balaban J connectivity index is 2.33. The van der Waals surface area contributed by atoms with E-state index in [9.17, 15) is 0 Å². The van der Waals surface area contributed by atoms with E-state index in [4.69, 9.17) is 0 Å². The van der Waals surface area contributed by atoms with Gasteiger partial charge in [0.1, 0.15) is 0 Å². The third-order valence-corrected chi connectivity index (χ3v) is 3.18. The van der Waals surface area contributed by atoms with E-state index in [0.29, 0.717) is 12.0 Å². The van der Waals surface area contributed by atoms with E-state index in [2.05, 4.69) is 42.7 Å². The Kier molecular flexibility index (Phi) is 2.46. The molecule has 0 fully saturated rings. The molecule has 0 saturated heterocycles. The number of likely N-dealkylation sites (N-methyl/N-ethyl adjacent to an activating group) is 1. The van der Waals surface area contributed by atoms with Crippen LogP contribution < -0.4 is 10.6 Å². The fourth-order valence-electron chi connectivity index (χ4n) is 2.13. The summed E-state index contributed by atoms with van der Waals surface area (Å²) in [5, 5.41) is 6.78. The largest absolute Gasteiger partial charge is 0.384 e. The normalized spacial score (nSPS) is 21.5. The SMILES string of the molecule is CNC(C)C1CNc2ccc(C)cc21. The average Bonchev–Trinajstić information content (AvgIpc) is 2.59. The summed E-state index contributed by atoms with van der Waals surface area (Å²) in [6.07, 6.45) is 0. The van der Waals surface area contributed by atoms with Crippen LogP contribution in [0.25, 0.3) is 0 Å². The molecular formula is C12H18N2. The molecule has 1 aromatic rings. The van der Waals surface area contributed by atoms with Crippen LogP contribution in [0.4, 0.5) is 5.69 Å². The van der Waals surface area contributed by atoms with Crippen molar-refractivity contribution in [2.75, 3.05) is 18.9 Å². The summed E-state index contributed by atoms with van der Waals surface area (Å²) in [5.74, 6) is 0.606. The molecule has 1 heterocycles. The smallest absolute Gasteiger partial charge is 0.0377 e. The predicted octanol–water partition coefficient (Wildman–Crippen LogP) is 2.11. The fraction of sp³-hybridized carbons (Fsp3) is 0.500. The maximum Gasteiger partial charge on any atom is 0.0377 e. The molecule has 1 aromatic carbocycles. The van der Waals surface area contributed by atoms with Crippen molar-refractivity contribution in [2.45, 2.75) is 25.8 Å². The van der Waals surface area contributed by atoms with Crippen molar-refractivity contribution < 1.29 is 0 Å². The first-order valence-electron chi connectivity index (χ1n) is 5.24. The number of anilines is 1. The Morgan fingerprint density at radius 1 is 1.50 bits per heavy atom. The maximum atomic E-state index is 3.45. The van der Waals surface area contributed by atoms with E-state index in [1.807, 2.05) is 7.05 Å². The monoisotopic (exact) mass is 190 g/mol. The van der Waals surface area contributed by atoms with Crippen LogP contribution >= 0.6 is 0 Å². The van der Waals surface area contributed by atoms with Crippen molar-refractivity contribution in [3.05, 3.63) is 29.3 Å². The van der Waals surface area contributed by atoms with Crippen LogP contribution in [0.3, 0.4) is 0 Å². The minimum atomic E-state index is 0.533. The molecule has 0 bridgehead atoms. The van der Waals surface area contributed by atoms with Gasteiger partial charge < -0.3 is 10.6 Å². The van der Waals surface area contributed by atoms with Gasteiger partial charge in [0.2, 0.25) is 0 Å². The lowest BCUT2D eigenvalue weighted by atomic mass is 9.93. The number of benzene rings is 1. The first kappa shape index (κ1) is 9.53. The Hall–Kier alpha value is -1.02. The molecule has 2 N–H and O–H groups in total. The summed E-state index contributed by atoms with van der Waals surface area (Å²) in [6, 6.07) is 7.18. The van der Waals surface area contributed by atoms with E-state index < -0.39 is 0 Å². The summed E-state index contributed by atoms with van der Waals surface area (Å²) in [7, 11) is 2.03. The third kappa shape index (κ3) is 1.50. The standard InChI is InChI=1S/C12H18N2/c1-8-4-5-12-10(6-8)11(7-14-12)9(2)13-3/h4-6,9,11,13-14H,7H2,1-3H3. The Labute approximate surface area is 85.7 Å². The van der Waals surface area contributed by atoms with Crippen LogP contribution in [0.15, 0.2) is 18.2 Å². The van der Waals surface area contributed by atoms with Gasteiger partial charge >= 0.3 is 0 Å². The molecule has 2 atom stereocenters.